The van der Waals surface area contributed by atoms with Crippen LogP contribution in [0.15, 0.2) is 194 Å². The van der Waals surface area contributed by atoms with Gasteiger partial charge in [0, 0.05) is 38.9 Å². The lowest BCUT2D eigenvalue weighted by Gasteiger charge is -2.25. The lowest BCUT2D eigenvalue weighted by Crippen LogP contribution is -2.14. The zero-order chi connectivity index (χ0) is 35.5. The first-order valence-corrected chi connectivity index (χ1v) is 18.4. The van der Waals surface area contributed by atoms with Crippen molar-refractivity contribution in [3.05, 3.63) is 205 Å². The standard InChI is InChI=1S/C51H38N2/c1-51(2)47-21-13-12-20-43(47)44-33-46-45-32-38(35-14-6-3-7-15-35)26-31-49(45)53(50(46)34-48(44)51)42-29-24-37(25-30-42)36-22-27-41(28-23-36)52(39-16-8-4-9-17-39)40-18-10-5-11-19-40/h3-34H,1-2H3. The fourth-order valence-electron chi connectivity index (χ4n) is 8.51. The molecule has 0 unspecified atom stereocenters. The highest BCUT2D eigenvalue weighted by Crippen LogP contribution is 2.51. The molecule has 0 amide bonds. The quantitative estimate of drug-likeness (QED) is 0.170. The summed E-state index contributed by atoms with van der Waals surface area (Å²) in [4.78, 5) is 2.30. The van der Waals surface area contributed by atoms with Crippen molar-refractivity contribution < 1.29 is 0 Å². The van der Waals surface area contributed by atoms with Crippen LogP contribution in [0.1, 0.15) is 25.0 Å². The molecule has 0 bridgehead atoms. The van der Waals surface area contributed by atoms with Crippen molar-refractivity contribution in [1.29, 1.82) is 0 Å². The van der Waals surface area contributed by atoms with Crippen molar-refractivity contribution >= 4 is 38.9 Å². The van der Waals surface area contributed by atoms with Crippen molar-refractivity contribution in [2.75, 3.05) is 4.90 Å². The molecule has 2 nitrogen and oxygen atoms in total. The minimum Gasteiger partial charge on any atom is -0.311 e. The van der Waals surface area contributed by atoms with Crippen LogP contribution in [0.4, 0.5) is 17.1 Å². The summed E-state index contributed by atoms with van der Waals surface area (Å²) in [5, 5.41) is 2.55. The third kappa shape index (κ3) is 5.10. The largest absolute Gasteiger partial charge is 0.311 e. The van der Waals surface area contributed by atoms with Crippen LogP contribution in [0, 0.1) is 0 Å². The highest BCUT2D eigenvalue weighted by Gasteiger charge is 2.36. The van der Waals surface area contributed by atoms with E-state index in [2.05, 4.69) is 217 Å². The van der Waals surface area contributed by atoms with Crippen molar-refractivity contribution in [2.24, 2.45) is 0 Å². The third-order valence-corrected chi connectivity index (χ3v) is 11.2. The molecule has 8 aromatic carbocycles. The maximum atomic E-state index is 2.46. The number of anilines is 3. The van der Waals surface area contributed by atoms with Crippen LogP contribution in [0.3, 0.4) is 0 Å². The molecule has 0 saturated heterocycles. The molecule has 252 valence electrons. The van der Waals surface area contributed by atoms with Gasteiger partial charge < -0.3 is 9.47 Å². The molecule has 0 radical (unpaired) electrons. The molecule has 53 heavy (non-hydrogen) atoms. The second kappa shape index (κ2) is 12.3. The van der Waals surface area contributed by atoms with E-state index in [0.29, 0.717) is 0 Å². The van der Waals surface area contributed by atoms with Gasteiger partial charge in [0.05, 0.1) is 11.0 Å². The van der Waals surface area contributed by atoms with Crippen molar-refractivity contribution in [3.8, 4) is 39.1 Å². The van der Waals surface area contributed by atoms with E-state index in [1.165, 1.54) is 66.3 Å². The summed E-state index contributed by atoms with van der Waals surface area (Å²) in [5.74, 6) is 0. The second-order valence-electron chi connectivity index (χ2n) is 14.6. The number of aromatic nitrogens is 1. The van der Waals surface area contributed by atoms with E-state index >= 15 is 0 Å². The first kappa shape index (κ1) is 31.1. The van der Waals surface area contributed by atoms with E-state index in [1.807, 2.05) is 0 Å². The molecule has 0 aliphatic heterocycles. The van der Waals surface area contributed by atoms with E-state index in [4.69, 9.17) is 0 Å². The Morgan fingerprint density at radius 1 is 0.377 bits per heavy atom. The molecule has 1 aliphatic carbocycles. The monoisotopic (exact) mass is 678 g/mol. The molecule has 2 heteroatoms. The zero-order valence-corrected chi connectivity index (χ0v) is 29.9. The average Bonchev–Trinajstić information content (AvgIpc) is 3.66. The summed E-state index contributed by atoms with van der Waals surface area (Å²) in [6.07, 6.45) is 0. The molecule has 0 N–H and O–H groups in total. The third-order valence-electron chi connectivity index (χ3n) is 11.2. The predicted octanol–water partition coefficient (Wildman–Crippen LogP) is 13.9. The summed E-state index contributed by atoms with van der Waals surface area (Å²) in [6, 6.07) is 70.6. The Labute approximate surface area is 310 Å². The van der Waals surface area contributed by atoms with Gasteiger partial charge in [0.2, 0.25) is 0 Å². The van der Waals surface area contributed by atoms with Gasteiger partial charge in [0.1, 0.15) is 0 Å². The zero-order valence-electron chi connectivity index (χ0n) is 29.9. The minimum atomic E-state index is -0.0801. The lowest BCUT2D eigenvalue weighted by atomic mass is 9.82. The van der Waals surface area contributed by atoms with E-state index in [1.54, 1.807) is 0 Å². The fraction of sp³-hybridized carbons (Fsp3) is 0.0588. The molecule has 0 saturated carbocycles. The summed E-state index contributed by atoms with van der Waals surface area (Å²) in [5.41, 5.74) is 17.2. The number of para-hydroxylation sites is 2. The molecule has 0 atom stereocenters. The van der Waals surface area contributed by atoms with Crippen molar-refractivity contribution in [3.63, 3.8) is 0 Å². The van der Waals surface area contributed by atoms with Crippen LogP contribution < -0.4 is 4.90 Å². The molecular weight excluding hydrogens is 641 g/mol. The van der Waals surface area contributed by atoms with Gasteiger partial charge in [-0.3, -0.25) is 0 Å². The Bertz CT molecular complexity index is 2720. The molecule has 1 aromatic heterocycles. The Morgan fingerprint density at radius 2 is 0.887 bits per heavy atom. The number of nitrogens with zero attached hydrogens (tertiary/aromatic N) is 2. The summed E-state index contributed by atoms with van der Waals surface area (Å²) >= 11 is 0. The molecule has 0 fully saturated rings. The average molecular weight is 679 g/mol. The smallest absolute Gasteiger partial charge is 0.0544 e. The summed E-state index contributed by atoms with van der Waals surface area (Å²) < 4.78 is 2.46. The Kier molecular flexibility index (Phi) is 7.19. The van der Waals surface area contributed by atoms with Gasteiger partial charge in [0.25, 0.3) is 0 Å². The summed E-state index contributed by atoms with van der Waals surface area (Å²) in [7, 11) is 0. The first-order valence-electron chi connectivity index (χ1n) is 18.4. The first-order chi connectivity index (χ1) is 26.0. The van der Waals surface area contributed by atoms with Gasteiger partial charge in [-0.2, -0.15) is 0 Å². The number of rotatable bonds is 6. The number of benzene rings is 8. The maximum Gasteiger partial charge on any atom is 0.0544 e. The van der Waals surface area contributed by atoms with E-state index in [-0.39, 0.29) is 5.41 Å². The molecule has 10 rings (SSSR count). The predicted molar refractivity (Wildman–Crippen MR) is 224 cm³/mol. The Morgan fingerprint density at radius 3 is 1.55 bits per heavy atom. The molecule has 1 aliphatic rings. The number of fused-ring (bicyclic) bond motifs is 6. The molecule has 9 aromatic rings. The van der Waals surface area contributed by atoms with Crippen LogP contribution >= 0.6 is 0 Å². The van der Waals surface area contributed by atoms with Crippen molar-refractivity contribution in [1.82, 2.24) is 4.57 Å². The SMILES string of the molecule is CC1(C)c2ccccc2-c2cc3c4cc(-c5ccccc5)ccc4n(-c4ccc(-c5ccc(N(c6ccccc6)c6ccccc6)cc5)cc4)c3cc21. The lowest BCUT2D eigenvalue weighted by molar-refractivity contribution is 0.661. The van der Waals surface area contributed by atoms with Crippen LogP contribution in [-0.2, 0) is 5.41 Å². The van der Waals surface area contributed by atoms with Crippen LogP contribution in [-0.4, -0.2) is 4.57 Å². The molecular formula is C51H38N2. The Balaban J connectivity index is 1.08. The van der Waals surface area contributed by atoms with Gasteiger partial charge >= 0.3 is 0 Å². The number of hydrogen-bond donors (Lipinski definition) is 0. The second-order valence-corrected chi connectivity index (χ2v) is 14.6. The topological polar surface area (TPSA) is 8.17 Å². The highest BCUT2D eigenvalue weighted by atomic mass is 15.1. The van der Waals surface area contributed by atoms with Gasteiger partial charge in [-0.05, 0) is 117 Å². The highest BCUT2D eigenvalue weighted by molar-refractivity contribution is 6.12. The molecule has 0 spiro atoms. The normalized spacial score (nSPS) is 12.9. The minimum absolute atomic E-state index is 0.0801. The van der Waals surface area contributed by atoms with E-state index < -0.39 is 0 Å². The maximum absolute atomic E-state index is 2.46. The fourth-order valence-corrected chi connectivity index (χ4v) is 8.51. The van der Waals surface area contributed by atoms with E-state index in [0.717, 1.165) is 22.7 Å². The number of hydrogen-bond acceptors (Lipinski definition) is 1. The van der Waals surface area contributed by atoms with Crippen molar-refractivity contribution in [2.45, 2.75) is 19.3 Å². The molecule has 1 heterocycles. The van der Waals surface area contributed by atoms with Gasteiger partial charge in [-0.15, -0.1) is 0 Å². The van der Waals surface area contributed by atoms with Gasteiger partial charge in [-0.25, -0.2) is 0 Å². The summed E-state index contributed by atoms with van der Waals surface area (Å²) in [6.45, 7) is 4.73. The van der Waals surface area contributed by atoms with E-state index in [9.17, 15) is 0 Å². The van der Waals surface area contributed by atoms with Crippen LogP contribution in [0.2, 0.25) is 0 Å². The van der Waals surface area contributed by atoms with Crippen LogP contribution in [0.25, 0.3) is 60.9 Å². The van der Waals surface area contributed by atoms with Gasteiger partial charge in [-0.1, -0.05) is 135 Å². The van der Waals surface area contributed by atoms with Crippen LogP contribution in [0.5, 0.6) is 0 Å². The Hall–Kier alpha value is -6.64. The van der Waals surface area contributed by atoms with Gasteiger partial charge in [0.15, 0.2) is 0 Å².